The number of benzene rings is 1. The number of carbonyl (C=O) groups is 5. The van der Waals surface area contributed by atoms with Crippen LogP contribution in [-0.2, 0) is 35.3 Å². The average Bonchev–Trinajstić information content (AvgIpc) is 2.95. The number of piperidine rings is 2. The second-order valence-electron chi connectivity index (χ2n) is 10.5. The molecular weight excluding hydrogens is 516 g/mol. The van der Waals surface area contributed by atoms with Crippen molar-refractivity contribution < 1.29 is 33.4 Å². The molecule has 2 heterocycles. The zero-order valence-electron chi connectivity index (χ0n) is 23.6. The number of nitrogens with zero attached hydrogens (tertiary/aromatic N) is 2. The summed E-state index contributed by atoms with van der Waals surface area (Å²) in [5.74, 6) is -1.23. The van der Waals surface area contributed by atoms with Crippen LogP contribution < -0.4 is 10.6 Å². The number of amides is 4. The van der Waals surface area contributed by atoms with E-state index in [0.29, 0.717) is 51.4 Å². The Balaban J connectivity index is 1.39. The van der Waals surface area contributed by atoms with Crippen molar-refractivity contribution in [2.24, 2.45) is 11.8 Å². The van der Waals surface area contributed by atoms with Gasteiger partial charge in [0.05, 0.1) is 18.9 Å². The monoisotopic (exact) mass is 558 g/mol. The molecular formula is C29H42N4O7. The molecule has 1 aromatic carbocycles. The minimum atomic E-state index is -0.864. The smallest absolute Gasteiger partial charge is 0.410 e. The summed E-state index contributed by atoms with van der Waals surface area (Å²) in [6.07, 6.45) is 2.77. The molecule has 0 bridgehead atoms. The molecule has 2 aliphatic rings. The highest BCUT2D eigenvalue weighted by Crippen LogP contribution is 2.24. The first kappa shape index (κ1) is 30.9. The van der Waals surface area contributed by atoms with Gasteiger partial charge in [0.2, 0.25) is 17.7 Å². The van der Waals surface area contributed by atoms with Crippen LogP contribution in [-0.4, -0.2) is 78.5 Å². The molecule has 2 N–H and O–H groups in total. The molecule has 2 atom stereocenters. The molecule has 11 nitrogen and oxygen atoms in total. The van der Waals surface area contributed by atoms with Crippen LogP contribution in [0.1, 0.15) is 64.4 Å². The first-order chi connectivity index (χ1) is 19.2. The number of likely N-dealkylation sites (tertiary alicyclic amines) is 2. The minimum Gasteiger partial charge on any atom is -0.466 e. The maximum absolute atomic E-state index is 13.0. The van der Waals surface area contributed by atoms with Gasteiger partial charge in [0.25, 0.3) is 0 Å². The second kappa shape index (κ2) is 15.8. The van der Waals surface area contributed by atoms with Gasteiger partial charge >= 0.3 is 12.1 Å². The van der Waals surface area contributed by atoms with Crippen molar-refractivity contribution in [2.45, 2.75) is 71.6 Å². The predicted molar refractivity (Wildman–Crippen MR) is 146 cm³/mol. The summed E-state index contributed by atoms with van der Waals surface area (Å²) in [6.45, 7) is 5.59. The van der Waals surface area contributed by atoms with Crippen molar-refractivity contribution in [3.8, 4) is 0 Å². The highest BCUT2D eigenvalue weighted by molar-refractivity contribution is 5.83. The van der Waals surface area contributed by atoms with Gasteiger partial charge < -0.3 is 29.9 Å². The van der Waals surface area contributed by atoms with Crippen molar-refractivity contribution in [1.82, 2.24) is 20.4 Å². The third kappa shape index (κ3) is 10.2. The molecule has 0 radical (unpaired) electrons. The Kier molecular flexibility index (Phi) is 12.2. The molecule has 220 valence electrons. The fourth-order valence-electron chi connectivity index (χ4n) is 5.18. The Hall–Kier alpha value is -3.63. The summed E-state index contributed by atoms with van der Waals surface area (Å²) >= 11 is 0. The first-order valence-corrected chi connectivity index (χ1v) is 14.2. The van der Waals surface area contributed by atoms with Gasteiger partial charge in [-0.15, -0.1) is 0 Å². The lowest BCUT2D eigenvalue weighted by molar-refractivity contribution is -0.144. The number of hydrogen-bond acceptors (Lipinski definition) is 7. The first-order valence-electron chi connectivity index (χ1n) is 14.2. The molecule has 2 fully saturated rings. The number of ether oxygens (including phenoxy) is 2. The molecule has 11 heteroatoms. The number of nitrogens with one attached hydrogen (secondary N) is 2. The average molecular weight is 559 g/mol. The lowest BCUT2D eigenvalue weighted by atomic mass is 9.91. The molecule has 2 aliphatic heterocycles. The van der Waals surface area contributed by atoms with E-state index in [9.17, 15) is 24.0 Å². The Morgan fingerprint density at radius 1 is 0.950 bits per heavy atom. The van der Waals surface area contributed by atoms with Crippen molar-refractivity contribution >= 4 is 29.8 Å². The summed E-state index contributed by atoms with van der Waals surface area (Å²) < 4.78 is 10.4. The van der Waals surface area contributed by atoms with E-state index in [-0.39, 0.29) is 43.4 Å². The van der Waals surface area contributed by atoms with Crippen molar-refractivity contribution in [1.29, 1.82) is 0 Å². The zero-order valence-corrected chi connectivity index (χ0v) is 23.6. The van der Waals surface area contributed by atoms with Crippen LogP contribution in [0.15, 0.2) is 30.3 Å². The fourth-order valence-corrected chi connectivity index (χ4v) is 5.18. The third-order valence-electron chi connectivity index (χ3n) is 7.36. The molecule has 3 rings (SSSR count). The summed E-state index contributed by atoms with van der Waals surface area (Å²) in [4.78, 5) is 65.2. The van der Waals surface area contributed by atoms with Gasteiger partial charge in [-0.25, -0.2) is 4.79 Å². The summed E-state index contributed by atoms with van der Waals surface area (Å²) in [5.41, 5.74) is 0.950. The van der Waals surface area contributed by atoms with E-state index < -0.39 is 18.1 Å². The van der Waals surface area contributed by atoms with Crippen molar-refractivity contribution in [2.75, 3.05) is 32.8 Å². The van der Waals surface area contributed by atoms with Crippen LogP contribution in [0.4, 0.5) is 4.79 Å². The van der Waals surface area contributed by atoms with E-state index in [4.69, 9.17) is 9.47 Å². The number of hydrogen-bond donors (Lipinski definition) is 2. The van der Waals surface area contributed by atoms with Crippen molar-refractivity contribution in [3.05, 3.63) is 35.9 Å². The van der Waals surface area contributed by atoms with E-state index >= 15 is 0 Å². The number of esters is 1. The Morgan fingerprint density at radius 2 is 1.68 bits per heavy atom. The standard InChI is InChI=1S/C29H42N4O7/c1-3-39-27(36)18-25(30-21(2)34)31-28(37)24-10-7-15-33(19-24)26(35)12-11-22-13-16-32(17-14-22)29(38)40-20-23-8-5-4-6-9-23/h4-6,8-9,22,24-25H,3,7,10-20H2,1-2H3,(H,30,34)(H,31,37)/t24-,25+/m1/s1. The highest BCUT2D eigenvalue weighted by atomic mass is 16.6. The maximum Gasteiger partial charge on any atom is 0.410 e. The van der Waals surface area contributed by atoms with E-state index in [1.807, 2.05) is 30.3 Å². The quantitative estimate of drug-likeness (QED) is 0.315. The molecule has 0 aromatic heterocycles. The minimum absolute atomic E-state index is 0.0205. The number of rotatable bonds is 11. The Labute approximate surface area is 235 Å². The summed E-state index contributed by atoms with van der Waals surface area (Å²) in [5, 5.41) is 5.30. The molecule has 0 unspecified atom stereocenters. The van der Waals surface area contributed by atoms with Gasteiger partial charge in [-0.2, -0.15) is 0 Å². The van der Waals surface area contributed by atoms with Crippen LogP contribution in [0.3, 0.4) is 0 Å². The van der Waals surface area contributed by atoms with E-state index in [0.717, 1.165) is 24.8 Å². The summed E-state index contributed by atoms with van der Waals surface area (Å²) in [6, 6.07) is 9.58. The lowest BCUT2D eigenvalue weighted by Gasteiger charge is -2.34. The maximum atomic E-state index is 13.0. The van der Waals surface area contributed by atoms with Crippen LogP contribution in [0.5, 0.6) is 0 Å². The molecule has 40 heavy (non-hydrogen) atoms. The number of carbonyl (C=O) groups excluding carboxylic acids is 5. The summed E-state index contributed by atoms with van der Waals surface area (Å²) in [7, 11) is 0. The second-order valence-corrected chi connectivity index (χ2v) is 10.5. The van der Waals surface area contributed by atoms with Gasteiger partial charge in [0.1, 0.15) is 12.8 Å². The van der Waals surface area contributed by atoms with Gasteiger partial charge in [-0.1, -0.05) is 30.3 Å². The largest absolute Gasteiger partial charge is 0.466 e. The van der Waals surface area contributed by atoms with Crippen LogP contribution in [0, 0.1) is 11.8 Å². The lowest BCUT2D eigenvalue weighted by Crippen LogP contribution is -2.53. The molecule has 0 aliphatic carbocycles. The van der Waals surface area contributed by atoms with E-state index in [2.05, 4.69) is 10.6 Å². The predicted octanol–water partition coefficient (Wildman–Crippen LogP) is 2.59. The topological polar surface area (TPSA) is 134 Å². The van der Waals surface area contributed by atoms with Gasteiger partial charge in [0, 0.05) is 39.5 Å². The van der Waals surface area contributed by atoms with Gasteiger partial charge in [-0.05, 0) is 50.5 Å². The van der Waals surface area contributed by atoms with Crippen LogP contribution in [0.2, 0.25) is 0 Å². The van der Waals surface area contributed by atoms with E-state index in [1.54, 1.807) is 16.7 Å². The molecule has 2 saturated heterocycles. The Morgan fingerprint density at radius 3 is 2.35 bits per heavy atom. The highest BCUT2D eigenvalue weighted by Gasteiger charge is 2.31. The SMILES string of the molecule is CCOC(=O)C[C@@H](NC(C)=O)NC(=O)[C@@H]1CCCN(C(=O)CCC2CCN(C(=O)OCc3ccccc3)CC2)C1. The molecule has 1 aromatic rings. The molecule has 0 spiro atoms. The van der Waals surface area contributed by atoms with Gasteiger partial charge in [0.15, 0.2) is 0 Å². The molecule has 0 saturated carbocycles. The van der Waals surface area contributed by atoms with Crippen LogP contribution >= 0.6 is 0 Å². The fraction of sp³-hybridized carbons (Fsp3) is 0.621. The van der Waals surface area contributed by atoms with Gasteiger partial charge in [-0.3, -0.25) is 19.2 Å². The normalized spacial score (nSPS) is 18.4. The molecule has 4 amide bonds. The third-order valence-corrected chi connectivity index (χ3v) is 7.36. The zero-order chi connectivity index (χ0) is 28.9. The van der Waals surface area contributed by atoms with Crippen LogP contribution in [0.25, 0.3) is 0 Å². The van der Waals surface area contributed by atoms with Crippen molar-refractivity contribution in [3.63, 3.8) is 0 Å². The Bertz CT molecular complexity index is 1010. The van der Waals surface area contributed by atoms with E-state index in [1.165, 1.54) is 6.92 Å².